The first-order valence-corrected chi connectivity index (χ1v) is 44.4. The van der Waals surface area contributed by atoms with Gasteiger partial charge in [-0.15, -0.1) is 0 Å². The van der Waals surface area contributed by atoms with Crippen molar-refractivity contribution in [1.29, 1.82) is 0 Å². The maximum atomic E-state index is 13.1. The zero-order chi connectivity index (χ0) is 73.0. The minimum Gasteiger partial charge on any atom is -0.462 e. The maximum Gasteiger partial charge on any atom is 0.472 e. The highest BCUT2D eigenvalue weighted by Gasteiger charge is 2.30. The molecule has 0 radical (unpaired) electrons. The molecule has 588 valence electrons. The molecule has 0 fully saturated rings. The van der Waals surface area contributed by atoms with Crippen molar-refractivity contribution in [2.45, 2.75) is 433 Å². The molecule has 17 nitrogen and oxygen atoms in total. The molecule has 0 bridgehead atoms. The molecule has 0 saturated heterocycles. The minimum absolute atomic E-state index is 0.105. The number of hydrogen-bond donors (Lipinski definition) is 3. The van der Waals surface area contributed by atoms with Crippen molar-refractivity contribution in [3.63, 3.8) is 0 Å². The molecule has 0 amide bonds. The third-order valence-corrected chi connectivity index (χ3v) is 20.9. The number of unbranched alkanes of at least 4 members (excludes halogenated alkanes) is 45. The van der Waals surface area contributed by atoms with E-state index < -0.39 is 97.5 Å². The number of phosphoric ester groups is 2. The van der Waals surface area contributed by atoms with Gasteiger partial charge in [0.05, 0.1) is 26.4 Å². The molecule has 0 aliphatic rings. The Morgan fingerprint density at radius 1 is 0.293 bits per heavy atom. The van der Waals surface area contributed by atoms with Gasteiger partial charge in [-0.1, -0.05) is 363 Å². The number of aliphatic hydroxyl groups excluding tert-OH is 1. The summed E-state index contributed by atoms with van der Waals surface area (Å²) in [5.41, 5.74) is 0. The zero-order valence-electron chi connectivity index (χ0n) is 65.0. The van der Waals surface area contributed by atoms with Crippen LogP contribution in [0.25, 0.3) is 0 Å². The predicted octanol–water partition coefficient (Wildman–Crippen LogP) is 23.7. The molecule has 0 spiro atoms. The SMILES string of the molecule is CCCCCCCCCCCCC(=O)OC[C@H](COP(=O)(O)OC[C@H](O)COP(=O)(O)OC[C@@H](COC(=O)CCCCCCCCCCCCCCCCC(C)CC)OC(=O)CCCCCCCCCCCCCCCCCCC(C)C)OC(=O)CCCCCCCCCCCC(C)C. The van der Waals surface area contributed by atoms with Crippen molar-refractivity contribution < 1.29 is 80.2 Å². The van der Waals surface area contributed by atoms with Gasteiger partial charge in [-0.25, -0.2) is 9.13 Å². The van der Waals surface area contributed by atoms with E-state index in [1.54, 1.807) is 0 Å². The first kappa shape index (κ1) is 97.1. The van der Waals surface area contributed by atoms with Crippen LogP contribution < -0.4 is 0 Å². The molecular formula is C80H156O17P2. The molecule has 99 heavy (non-hydrogen) atoms. The van der Waals surface area contributed by atoms with E-state index >= 15 is 0 Å². The summed E-state index contributed by atoms with van der Waals surface area (Å²) in [6, 6.07) is 0. The summed E-state index contributed by atoms with van der Waals surface area (Å²) in [7, 11) is -9.92. The molecule has 6 atom stereocenters. The molecule has 0 aliphatic heterocycles. The summed E-state index contributed by atoms with van der Waals surface area (Å²) >= 11 is 0. The van der Waals surface area contributed by atoms with Crippen LogP contribution in [0.4, 0.5) is 0 Å². The monoisotopic (exact) mass is 1450 g/mol. The van der Waals surface area contributed by atoms with Crippen LogP contribution in [0.15, 0.2) is 0 Å². The summed E-state index contributed by atoms with van der Waals surface area (Å²) < 4.78 is 68.6. The van der Waals surface area contributed by atoms with Crippen LogP contribution in [0, 0.1) is 17.8 Å². The Morgan fingerprint density at radius 3 is 0.768 bits per heavy atom. The summed E-state index contributed by atoms with van der Waals surface area (Å²) in [6.07, 6.45) is 58.2. The van der Waals surface area contributed by atoms with Gasteiger partial charge in [0.1, 0.15) is 19.3 Å². The molecule has 0 aromatic rings. The second kappa shape index (κ2) is 70.4. The van der Waals surface area contributed by atoms with Crippen LogP contribution in [0.3, 0.4) is 0 Å². The largest absolute Gasteiger partial charge is 0.472 e. The van der Waals surface area contributed by atoms with Gasteiger partial charge >= 0.3 is 39.5 Å². The van der Waals surface area contributed by atoms with Crippen molar-refractivity contribution in [2.24, 2.45) is 17.8 Å². The molecule has 0 heterocycles. The lowest BCUT2D eigenvalue weighted by Gasteiger charge is -2.21. The van der Waals surface area contributed by atoms with Crippen LogP contribution >= 0.6 is 15.6 Å². The number of aliphatic hydroxyl groups is 1. The first-order valence-electron chi connectivity index (χ1n) is 41.4. The number of esters is 4. The predicted molar refractivity (Wildman–Crippen MR) is 405 cm³/mol. The van der Waals surface area contributed by atoms with Crippen LogP contribution in [-0.2, 0) is 65.4 Å². The van der Waals surface area contributed by atoms with E-state index in [1.165, 1.54) is 225 Å². The molecule has 3 unspecified atom stereocenters. The topological polar surface area (TPSA) is 237 Å². The quantitative estimate of drug-likeness (QED) is 0.0222. The van der Waals surface area contributed by atoms with Crippen molar-refractivity contribution in [3.8, 4) is 0 Å². The lowest BCUT2D eigenvalue weighted by atomic mass is 9.99. The summed E-state index contributed by atoms with van der Waals surface area (Å²) in [5, 5.41) is 10.6. The molecule has 0 aromatic heterocycles. The molecule has 0 rings (SSSR count). The van der Waals surface area contributed by atoms with E-state index in [0.717, 1.165) is 108 Å². The fourth-order valence-electron chi connectivity index (χ4n) is 12.3. The molecule has 0 saturated carbocycles. The van der Waals surface area contributed by atoms with Gasteiger partial charge in [0, 0.05) is 25.7 Å². The van der Waals surface area contributed by atoms with E-state index in [9.17, 15) is 43.2 Å². The number of carbonyl (C=O) groups excluding carboxylic acids is 4. The third kappa shape index (κ3) is 72.8. The lowest BCUT2D eigenvalue weighted by Crippen LogP contribution is -2.30. The number of hydrogen-bond acceptors (Lipinski definition) is 15. The van der Waals surface area contributed by atoms with Crippen molar-refractivity contribution in [3.05, 3.63) is 0 Å². The van der Waals surface area contributed by atoms with Gasteiger partial charge in [0.25, 0.3) is 0 Å². The number of ether oxygens (including phenoxy) is 4. The average Bonchev–Trinajstić information content (AvgIpc) is 1.08. The lowest BCUT2D eigenvalue weighted by molar-refractivity contribution is -0.161. The Hall–Kier alpha value is -1.94. The van der Waals surface area contributed by atoms with Crippen LogP contribution in [0.2, 0.25) is 0 Å². The molecular weight excluding hydrogens is 1290 g/mol. The zero-order valence-corrected chi connectivity index (χ0v) is 66.8. The Kier molecular flexibility index (Phi) is 69.0. The number of carbonyl (C=O) groups is 4. The summed E-state index contributed by atoms with van der Waals surface area (Å²) in [6.45, 7) is 12.0. The van der Waals surface area contributed by atoms with E-state index in [2.05, 4.69) is 48.5 Å². The highest BCUT2D eigenvalue weighted by atomic mass is 31.2. The Labute approximate surface area is 607 Å². The highest BCUT2D eigenvalue weighted by Crippen LogP contribution is 2.45. The average molecular weight is 1450 g/mol. The van der Waals surface area contributed by atoms with E-state index in [0.29, 0.717) is 25.7 Å². The second-order valence-corrected chi connectivity index (χ2v) is 32.9. The Balaban J connectivity index is 5.23. The fourth-order valence-corrected chi connectivity index (χ4v) is 13.9. The van der Waals surface area contributed by atoms with Gasteiger partial charge in [-0.3, -0.25) is 37.3 Å². The molecule has 0 aromatic carbocycles. The Bertz CT molecular complexity index is 1920. The summed E-state index contributed by atoms with van der Waals surface area (Å²) in [5.74, 6) is 0.283. The van der Waals surface area contributed by atoms with Gasteiger partial charge < -0.3 is 33.8 Å². The number of phosphoric acid groups is 2. The molecule has 19 heteroatoms. The van der Waals surface area contributed by atoms with Crippen molar-refractivity contribution in [2.75, 3.05) is 39.6 Å². The van der Waals surface area contributed by atoms with Gasteiger partial charge in [0.2, 0.25) is 0 Å². The summed E-state index contributed by atoms with van der Waals surface area (Å²) in [4.78, 5) is 72.9. The van der Waals surface area contributed by atoms with Crippen LogP contribution in [-0.4, -0.2) is 96.7 Å². The van der Waals surface area contributed by atoms with E-state index in [1.807, 2.05) is 0 Å². The van der Waals surface area contributed by atoms with Crippen molar-refractivity contribution >= 4 is 39.5 Å². The van der Waals surface area contributed by atoms with Crippen molar-refractivity contribution in [1.82, 2.24) is 0 Å². The second-order valence-electron chi connectivity index (χ2n) is 30.0. The maximum absolute atomic E-state index is 13.1. The van der Waals surface area contributed by atoms with Crippen LogP contribution in [0.5, 0.6) is 0 Å². The van der Waals surface area contributed by atoms with Gasteiger partial charge in [0.15, 0.2) is 12.2 Å². The van der Waals surface area contributed by atoms with Crippen LogP contribution in [0.1, 0.15) is 414 Å². The minimum atomic E-state index is -4.96. The Morgan fingerprint density at radius 2 is 0.515 bits per heavy atom. The molecule has 3 N–H and O–H groups in total. The van der Waals surface area contributed by atoms with E-state index in [4.69, 9.17) is 37.0 Å². The smallest absolute Gasteiger partial charge is 0.462 e. The standard InChI is InChI=1S/C80H156O17P2/c1-8-10-11-12-13-14-33-40-47-54-61-77(82)90-67-76(97-80(85)64-57-50-43-36-29-31-38-45-52-59-72(5)6)70-95-99(88,89)93-66-74(81)65-92-98(86,87)94-69-75(68-91-78(83)62-55-48-41-34-27-23-20-19-22-26-32-39-46-53-60-73(7)9-2)96-79(84)63-56-49-42-35-28-24-18-16-15-17-21-25-30-37-44-51-58-71(3)4/h71-76,81H,8-70H2,1-7H3,(H,86,87)(H,88,89)/t73?,74-,75-,76-/m1/s1. The van der Waals surface area contributed by atoms with Gasteiger partial charge in [-0.2, -0.15) is 0 Å². The normalized spacial score (nSPS) is 14.3. The van der Waals surface area contributed by atoms with Gasteiger partial charge in [-0.05, 0) is 43.4 Å². The number of rotatable bonds is 78. The fraction of sp³-hybridized carbons (Fsp3) is 0.950. The molecule has 0 aliphatic carbocycles. The third-order valence-electron chi connectivity index (χ3n) is 19.0. The van der Waals surface area contributed by atoms with E-state index in [-0.39, 0.29) is 25.7 Å². The first-order chi connectivity index (χ1) is 47.8. The highest BCUT2D eigenvalue weighted by molar-refractivity contribution is 7.47.